The monoisotopic (exact) mass is 282 g/mol. The molecule has 2 amide bonds. The van der Waals surface area contributed by atoms with E-state index in [0.29, 0.717) is 0 Å². The van der Waals surface area contributed by atoms with Crippen molar-refractivity contribution in [1.82, 2.24) is 4.90 Å². The molecule has 0 spiro atoms. The lowest BCUT2D eigenvalue weighted by Gasteiger charge is -2.17. The first-order valence-corrected chi connectivity index (χ1v) is 7.05. The van der Waals surface area contributed by atoms with Gasteiger partial charge in [-0.2, -0.15) is 0 Å². The number of hydrogen-bond acceptors (Lipinski definition) is 1. The lowest BCUT2D eigenvalue weighted by Crippen LogP contribution is -2.27. The number of benzene rings is 2. The normalized spacial score (nSPS) is 10.3. The Hall–Kier alpha value is -2.29. The summed E-state index contributed by atoms with van der Waals surface area (Å²) in [4.78, 5) is 13.5. The number of urea groups is 1. The predicted molar refractivity (Wildman–Crippen MR) is 88.8 cm³/mol. The lowest BCUT2D eigenvalue weighted by atomic mass is 9.97. The molecule has 2 aromatic rings. The standard InChI is InChI=1S/C18H22N2O/c1-12-6-8-15(9-7-12)16-10-13(2)14(3)11-17(16)19-18(21)20(4)5/h6-11H,1-5H3,(H,19,21). The second-order valence-corrected chi connectivity index (χ2v) is 5.67. The summed E-state index contributed by atoms with van der Waals surface area (Å²) in [6.07, 6.45) is 0. The van der Waals surface area contributed by atoms with E-state index in [1.165, 1.54) is 21.6 Å². The first-order valence-electron chi connectivity index (χ1n) is 7.05. The van der Waals surface area contributed by atoms with Crippen LogP contribution in [0.1, 0.15) is 16.7 Å². The highest BCUT2D eigenvalue weighted by atomic mass is 16.2. The maximum atomic E-state index is 12.0. The minimum atomic E-state index is -0.119. The molecule has 3 heteroatoms. The molecule has 0 atom stereocenters. The van der Waals surface area contributed by atoms with Gasteiger partial charge in [-0.25, -0.2) is 4.79 Å². The van der Waals surface area contributed by atoms with Crippen LogP contribution in [-0.4, -0.2) is 25.0 Å². The number of nitrogens with zero attached hydrogens (tertiary/aromatic N) is 1. The fourth-order valence-corrected chi connectivity index (χ4v) is 2.12. The third-order valence-electron chi connectivity index (χ3n) is 3.64. The molecule has 3 nitrogen and oxygen atoms in total. The van der Waals surface area contributed by atoms with E-state index in [9.17, 15) is 4.79 Å². The summed E-state index contributed by atoms with van der Waals surface area (Å²) in [6, 6.07) is 12.4. The molecule has 2 aromatic carbocycles. The first kappa shape index (κ1) is 15.1. The summed E-state index contributed by atoms with van der Waals surface area (Å²) >= 11 is 0. The Bertz CT molecular complexity index is 658. The van der Waals surface area contributed by atoms with Crippen molar-refractivity contribution < 1.29 is 4.79 Å². The topological polar surface area (TPSA) is 32.3 Å². The van der Waals surface area contributed by atoms with E-state index in [-0.39, 0.29) is 6.03 Å². The molecule has 0 aliphatic rings. The Labute approximate surface area is 126 Å². The Kier molecular flexibility index (Phi) is 4.32. The van der Waals surface area contributed by atoms with Gasteiger partial charge in [-0.3, -0.25) is 0 Å². The fourth-order valence-electron chi connectivity index (χ4n) is 2.12. The largest absolute Gasteiger partial charge is 0.331 e. The molecule has 0 aliphatic heterocycles. The van der Waals surface area contributed by atoms with Crippen molar-refractivity contribution >= 4 is 11.7 Å². The molecular weight excluding hydrogens is 260 g/mol. The van der Waals surface area contributed by atoms with Crippen LogP contribution >= 0.6 is 0 Å². The van der Waals surface area contributed by atoms with Gasteiger partial charge in [0.05, 0.1) is 5.69 Å². The van der Waals surface area contributed by atoms with Gasteiger partial charge in [-0.05, 0) is 49.6 Å². The highest BCUT2D eigenvalue weighted by Crippen LogP contribution is 2.31. The molecule has 0 heterocycles. The van der Waals surface area contributed by atoms with E-state index in [1.54, 1.807) is 14.1 Å². The summed E-state index contributed by atoms with van der Waals surface area (Å²) in [5.74, 6) is 0. The molecule has 110 valence electrons. The van der Waals surface area contributed by atoms with Crippen molar-refractivity contribution in [3.8, 4) is 11.1 Å². The van der Waals surface area contributed by atoms with E-state index in [1.807, 2.05) is 6.07 Å². The van der Waals surface area contributed by atoms with Crippen LogP contribution in [0.2, 0.25) is 0 Å². The molecule has 0 saturated carbocycles. The molecule has 0 radical (unpaired) electrons. The van der Waals surface area contributed by atoms with Gasteiger partial charge < -0.3 is 10.2 Å². The minimum absolute atomic E-state index is 0.119. The molecule has 2 rings (SSSR count). The van der Waals surface area contributed by atoms with E-state index < -0.39 is 0 Å². The number of carbonyl (C=O) groups excluding carboxylic acids is 1. The molecule has 0 aromatic heterocycles. The zero-order valence-electron chi connectivity index (χ0n) is 13.3. The fraction of sp³-hybridized carbons (Fsp3) is 0.278. The maximum absolute atomic E-state index is 12.0. The average molecular weight is 282 g/mol. The molecular formula is C18H22N2O. The van der Waals surface area contributed by atoms with Gasteiger partial charge in [-0.1, -0.05) is 29.8 Å². The van der Waals surface area contributed by atoms with E-state index >= 15 is 0 Å². The number of nitrogens with one attached hydrogen (secondary N) is 1. The van der Waals surface area contributed by atoms with Crippen LogP contribution < -0.4 is 5.32 Å². The van der Waals surface area contributed by atoms with E-state index in [4.69, 9.17) is 0 Å². The summed E-state index contributed by atoms with van der Waals surface area (Å²) in [5.41, 5.74) is 6.61. The van der Waals surface area contributed by atoms with Crippen LogP contribution in [0.5, 0.6) is 0 Å². The number of amides is 2. The highest BCUT2D eigenvalue weighted by Gasteiger charge is 2.11. The molecule has 1 N–H and O–H groups in total. The molecule has 0 unspecified atom stereocenters. The van der Waals surface area contributed by atoms with Crippen LogP contribution in [0.4, 0.5) is 10.5 Å². The van der Waals surface area contributed by atoms with Crippen molar-refractivity contribution in [2.45, 2.75) is 20.8 Å². The van der Waals surface area contributed by atoms with Gasteiger partial charge >= 0.3 is 6.03 Å². The predicted octanol–water partition coefficient (Wildman–Crippen LogP) is 4.37. The lowest BCUT2D eigenvalue weighted by molar-refractivity contribution is 0.230. The second-order valence-electron chi connectivity index (χ2n) is 5.67. The quantitative estimate of drug-likeness (QED) is 0.871. The molecule has 0 aliphatic carbocycles. The zero-order valence-corrected chi connectivity index (χ0v) is 13.3. The van der Waals surface area contributed by atoms with Gasteiger partial charge in [-0.15, -0.1) is 0 Å². The Morgan fingerprint density at radius 2 is 1.52 bits per heavy atom. The van der Waals surface area contributed by atoms with Crippen LogP contribution in [0, 0.1) is 20.8 Å². The van der Waals surface area contributed by atoms with Crippen molar-refractivity contribution in [3.63, 3.8) is 0 Å². The van der Waals surface area contributed by atoms with Crippen LogP contribution in [0.3, 0.4) is 0 Å². The van der Waals surface area contributed by atoms with Gasteiger partial charge in [0.15, 0.2) is 0 Å². The smallest absolute Gasteiger partial charge is 0.321 e. The minimum Gasteiger partial charge on any atom is -0.331 e. The Morgan fingerprint density at radius 1 is 0.952 bits per heavy atom. The number of rotatable bonds is 2. The summed E-state index contributed by atoms with van der Waals surface area (Å²) in [6.45, 7) is 6.21. The highest BCUT2D eigenvalue weighted by molar-refractivity contribution is 5.94. The van der Waals surface area contributed by atoms with E-state index in [2.05, 4.69) is 56.4 Å². The third kappa shape index (κ3) is 3.43. The average Bonchev–Trinajstić information content (AvgIpc) is 2.43. The third-order valence-corrected chi connectivity index (χ3v) is 3.64. The number of anilines is 1. The van der Waals surface area contributed by atoms with Crippen LogP contribution in [0.25, 0.3) is 11.1 Å². The Morgan fingerprint density at radius 3 is 2.10 bits per heavy atom. The number of carbonyl (C=O) groups is 1. The summed E-state index contributed by atoms with van der Waals surface area (Å²) in [5, 5.41) is 2.98. The number of aryl methyl sites for hydroxylation is 3. The van der Waals surface area contributed by atoms with Crippen molar-refractivity contribution in [3.05, 3.63) is 53.1 Å². The van der Waals surface area contributed by atoms with Crippen molar-refractivity contribution in [1.29, 1.82) is 0 Å². The summed E-state index contributed by atoms with van der Waals surface area (Å²) in [7, 11) is 3.48. The van der Waals surface area contributed by atoms with Crippen LogP contribution in [0.15, 0.2) is 36.4 Å². The molecule has 21 heavy (non-hydrogen) atoms. The first-order chi connectivity index (χ1) is 9.88. The SMILES string of the molecule is Cc1ccc(-c2cc(C)c(C)cc2NC(=O)N(C)C)cc1. The number of hydrogen-bond donors (Lipinski definition) is 1. The van der Waals surface area contributed by atoms with Gasteiger partial charge in [0.2, 0.25) is 0 Å². The van der Waals surface area contributed by atoms with Crippen molar-refractivity contribution in [2.24, 2.45) is 0 Å². The molecule has 0 bridgehead atoms. The maximum Gasteiger partial charge on any atom is 0.321 e. The Balaban J connectivity index is 2.50. The second kappa shape index (κ2) is 6.00. The zero-order chi connectivity index (χ0) is 15.6. The molecule has 0 saturated heterocycles. The van der Waals surface area contributed by atoms with Gasteiger partial charge in [0.25, 0.3) is 0 Å². The summed E-state index contributed by atoms with van der Waals surface area (Å²) < 4.78 is 0. The van der Waals surface area contributed by atoms with Gasteiger partial charge in [0, 0.05) is 19.7 Å². The van der Waals surface area contributed by atoms with Crippen LogP contribution in [-0.2, 0) is 0 Å². The van der Waals surface area contributed by atoms with Gasteiger partial charge in [0.1, 0.15) is 0 Å². The van der Waals surface area contributed by atoms with Crippen molar-refractivity contribution in [2.75, 3.05) is 19.4 Å². The van der Waals surface area contributed by atoms with E-state index in [0.717, 1.165) is 16.8 Å². The molecule has 0 fully saturated rings.